The Balaban J connectivity index is 2.02. The van der Waals surface area contributed by atoms with Crippen LogP contribution >= 0.6 is 0 Å². The Hall–Kier alpha value is -1.45. The Kier molecular flexibility index (Phi) is 5.12. The summed E-state index contributed by atoms with van der Waals surface area (Å²) in [5.41, 5.74) is 1.41. The Morgan fingerprint density at radius 1 is 1.39 bits per heavy atom. The van der Waals surface area contributed by atoms with Crippen LogP contribution in [0.5, 0.6) is 0 Å². The van der Waals surface area contributed by atoms with Crippen LogP contribution in [0.3, 0.4) is 0 Å². The number of likely N-dealkylation sites (tertiary alicyclic amines) is 1. The average molecular weight is 345 g/mol. The third-order valence-electron chi connectivity index (χ3n) is 4.25. The van der Waals surface area contributed by atoms with Crippen LogP contribution in [0.2, 0.25) is 0 Å². The summed E-state index contributed by atoms with van der Waals surface area (Å²) in [5, 5.41) is 13.9. The number of aliphatic hydroxyl groups excluding tert-OH is 1. The number of sulfonamides is 1. The van der Waals surface area contributed by atoms with Gasteiger partial charge in [0, 0.05) is 38.7 Å². The maximum atomic E-state index is 12.4. The number of carbonyl (C=O) groups is 1. The van der Waals surface area contributed by atoms with Crippen molar-refractivity contribution in [1.29, 1.82) is 0 Å². The molecule has 0 saturated carbocycles. The second kappa shape index (κ2) is 6.58. The monoisotopic (exact) mass is 345 g/mol. The van der Waals surface area contributed by atoms with Crippen molar-refractivity contribution in [2.45, 2.75) is 26.4 Å². The molecule has 2 heterocycles. The van der Waals surface area contributed by atoms with Crippen LogP contribution in [0.1, 0.15) is 17.0 Å². The summed E-state index contributed by atoms with van der Waals surface area (Å²) >= 11 is 0. The van der Waals surface area contributed by atoms with E-state index in [1.54, 1.807) is 13.8 Å². The third-order valence-corrected chi connectivity index (χ3v) is 6.21. The summed E-state index contributed by atoms with van der Waals surface area (Å²) in [4.78, 5) is 13.9. The van der Waals surface area contributed by atoms with Gasteiger partial charge in [0.1, 0.15) is 5.76 Å². The van der Waals surface area contributed by atoms with Crippen LogP contribution in [-0.4, -0.2) is 72.8 Å². The molecular weight excluding hydrogens is 322 g/mol. The molecule has 1 amide bonds. The number of hydrogen-bond acceptors (Lipinski definition) is 6. The molecule has 2 rings (SSSR count). The van der Waals surface area contributed by atoms with E-state index in [9.17, 15) is 18.3 Å². The number of nitrogens with zero attached hydrogens (tertiary/aromatic N) is 3. The van der Waals surface area contributed by atoms with Gasteiger partial charge in [-0.2, -0.15) is 0 Å². The van der Waals surface area contributed by atoms with Gasteiger partial charge in [0.2, 0.25) is 15.9 Å². The van der Waals surface area contributed by atoms with Gasteiger partial charge in [-0.3, -0.25) is 4.79 Å². The first kappa shape index (κ1) is 17.9. The van der Waals surface area contributed by atoms with E-state index in [2.05, 4.69) is 5.16 Å². The van der Waals surface area contributed by atoms with E-state index >= 15 is 0 Å². The van der Waals surface area contributed by atoms with Gasteiger partial charge >= 0.3 is 0 Å². The quantitative estimate of drug-likeness (QED) is 0.775. The predicted octanol–water partition coefficient (Wildman–Crippen LogP) is -0.455. The van der Waals surface area contributed by atoms with Gasteiger partial charge in [0.05, 0.1) is 24.0 Å². The zero-order valence-corrected chi connectivity index (χ0v) is 14.6. The number of aryl methyl sites for hydroxylation is 2. The molecule has 0 aliphatic carbocycles. The van der Waals surface area contributed by atoms with E-state index in [1.807, 2.05) is 0 Å². The van der Waals surface area contributed by atoms with E-state index in [1.165, 1.54) is 19.0 Å². The van der Waals surface area contributed by atoms with E-state index in [-0.39, 0.29) is 31.2 Å². The number of β-amino-alcohol motifs (C(OH)–C–C–N with tert-alkyl or cyclic N) is 1. The molecule has 1 N–H and O–H groups in total. The van der Waals surface area contributed by atoms with Crippen molar-refractivity contribution < 1.29 is 22.8 Å². The second-order valence-electron chi connectivity index (χ2n) is 6.17. The lowest BCUT2D eigenvalue weighted by atomic mass is 10.1. The van der Waals surface area contributed by atoms with E-state index in [0.29, 0.717) is 11.5 Å². The number of carbonyl (C=O) groups excluding carboxylic acids is 1. The zero-order chi connectivity index (χ0) is 17.4. The molecule has 0 unspecified atom stereocenters. The Morgan fingerprint density at radius 3 is 2.57 bits per heavy atom. The number of rotatable bonds is 5. The minimum atomic E-state index is -3.42. The Bertz CT molecular complexity index is 663. The fraction of sp³-hybridized carbons (Fsp3) is 0.714. The topological polar surface area (TPSA) is 104 Å². The lowest BCUT2D eigenvalue weighted by Gasteiger charge is -2.18. The largest absolute Gasteiger partial charge is 0.391 e. The smallest absolute Gasteiger partial charge is 0.227 e. The molecule has 0 bridgehead atoms. The molecule has 1 fully saturated rings. The third kappa shape index (κ3) is 3.91. The normalized spacial score (nSPS) is 22.1. The van der Waals surface area contributed by atoms with Crippen molar-refractivity contribution in [2.24, 2.45) is 5.92 Å². The van der Waals surface area contributed by atoms with Gasteiger partial charge in [0.15, 0.2) is 0 Å². The van der Waals surface area contributed by atoms with Crippen molar-refractivity contribution in [3.05, 3.63) is 17.0 Å². The van der Waals surface area contributed by atoms with Crippen molar-refractivity contribution in [2.75, 3.05) is 32.9 Å². The predicted molar refractivity (Wildman–Crippen MR) is 83.2 cm³/mol. The molecule has 1 aromatic heterocycles. The molecule has 9 heteroatoms. The first-order valence-corrected chi connectivity index (χ1v) is 9.00. The molecule has 1 saturated heterocycles. The zero-order valence-electron chi connectivity index (χ0n) is 13.8. The van der Waals surface area contributed by atoms with Crippen LogP contribution in [0.25, 0.3) is 0 Å². The summed E-state index contributed by atoms with van der Waals surface area (Å²) < 4.78 is 30.1. The van der Waals surface area contributed by atoms with Gasteiger partial charge in [0.25, 0.3) is 0 Å². The molecular formula is C14H23N3O5S. The summed E-state index contributed by atoms with van der Waals surface area (Å²) in [6.07, 6.45) is -0.695. The second-order valence-corrected chi connectivity index (χ2v) is 8.39. The fourth-order valence-corrected chi connectivity index (χ4v) is 3.83. The number of hydrogen-bond donors (Lipinski definition) is 1. The molecule has 0 radical (unpaired) electrons. The molecule has 0 spiro atoms. The van der Waals surface area contributed by atoms with E-state index in [0.717, 1.165) is 9.87 Å². The van der Waals surface area contributed by atoms with E-state index < -0.39 is 22.0 Å². The molecule has 130 valence electrons. The van der Waals surface area contributed by atoms with Gasteiger partial charge < -0.3 is 14.5 Å². The highest BCUT2D eigenvalue weighted by atomic mass is 32.2. The van der Waals surface area contributed by atoms with Crippen molar-refractivity contribution in [1.82, 2.24) is 14.4 Å². The number of amides is 1. The highest BCUT2D eigenvalue weighted by molar-refractivity contribution is 7.89. The molecule has 1 aliphatic rings. The van der Waals surface area contributed by atoms with Gasteiger partial charge in [-0.25, -0.2) is 12.7 Å². The minimum absolute atomic E-state index is 0.140. The first-order chi connectivity index (χ1) is 10.6. The maximum Gasteiger partial charge on any atom is 0.227 e. The summed E-state index contributed by atoms with van der Waals surface area (Å²) in [6, 6.07) is 0. The molecule has 8 nitrogen and oxygen atoms in total. The van der Waals surface area contributed by atoms with Gasteiger partial charge in [-0.05, 0) is 13.8 Å². The maximum absolute atomic E-state index is 12.4. The Morgan fingerprint density at radius 2 is 2.04 bits per heavy atom. The SMILES string of the molecule is Cc1noc(C)c1CC(=O)N1C[C@@H](CS(=O)(=O)N(C)C)[C@H](O)C1. The van der Waals surface area contributed by atoms with Crippen LogP contribution in [0.4, 0.5) is 0 Å². The molecule has 1 aliphatic heterocycles. The molecule has 0 aromatic carbocycles. The summed E-state index contributed by atoms with van der Waals surface area (Å²) in [6.45, 7) is 3.89. The summed E-state index contributed by atoms with van der Waals surface area (Å²) in [5.74, 6) is -0.211. The van der Waals surface area contributed by atoms with Crippen molar-refractivity contribution in [3.8, 4) is 0 Å². The van der Waals surface area contributed by atoms with Crippen LogP contribution in [-0.2, 0) is 21.2 Å². The van der Waals surface area contributed by atoms with Crippen LogP contribution in [0.15, 0.2) is 4.52 Å². The molecule has 1 aromatic rings. The average Bonchev–Trinajstić information content (AvgIpc) is 2.96. The standard InChI is InChI=1S/C14H23N3O5S/c1-9-12(10(2)22-15-9)5-14(19)17-6-11(13(18)7-17)8-23(20,21)16(3)4/h11,13,18H,5-8H2,1-4H3/t11-,13+/m0/s1. The lowest BCUT2D eigenvalue weighted by molar-refractivity contribution is -0.129. The van der Waals surface area contributed by atoms with Gasteiger partial charge in [-0.1, -0.05) is 5.16 Å². The van der Waals surface area contributed by atoms with Crippen molar-refractivity contribution >= 4 is 15.9 Å². The van der Waals surface area contributed by atoms with E-state index in [4.69, 9.17) is 4.52 Å². The molecule has 23 heavy (non-hydrogen) atoms. The van der Waals surface area contributed by atoms with Gasteiger partial charge in [-0.15, -0.1) is 0 Å². The van der Waals surface area contributed by atoms with Crippen LogP contribution < -0.4 is 0 Å². The van der Waals surface area contributed by atoms with Crippen LogP contribution in [0, 0.1) is 19.8 Å². The minimum Gasteiger partial charge on any atom is -0.391 e. The highest BCUT2D eigenvalue weighted by Gasteiger charge is 2.37. The molecule has 2 atom stereocenters. The first-order valence-electron chi connectivity index (χ1n) is 7.39. The summed E-state index contributed by atoms with van der Waals surface area (Å²) in [7, 11) is -0.506. The number of aliphatic hydroxyl groups is 1. The van der Waals surface area contributed by atoms with Crippen molar-refractivity contribution in [3.63, 3.8) is 0 Å². The lowest BCUT2D eigenvalue weighted by Crippen LogP contribution is -2.34. The highest BCUT2D eigenvalue weighted by Crippen LogP contribution is 2.22. The Labute approximate surface area is 136 Å². The number of aromatic nitrogens is 1. The fourth-order valence-electron chi connectivity index (χ4n) is 2.66.